The minimum atomic E-state index is 0.227. The zero-order chi connectivity index (χ0) is 16.8. The molecule has 2 aliphatic rings. The number of thiophene rings is 1. The van der Waals surface area contributed by atoms with Crippen LogP contribution in [0.25, 0.3) is 0 Å². The highest BCUT2D eigenvalue weighted by Crippen LogP contribution is 2.30. The summed E-state index contributed by atoms with van der Waals surface area (Å²) in [5.41, 5.74) is 1.58. The molecule has 2 N–H and O–H groups in total. The van der Waals surface area contributed by atoms with E-state index in [1.54, 1.807) is 11.3 Å². The summed E-state index contributed by atoms with van der Waals surface area (Å²) in [5.74, 6) is 0.896. The number of hydrogen-bond donors (Lipinski definition) is 2. The molecule has 24 heavy (non-hydrogen) atoms. The number of nitrogens with zero attached hydrogens (tertiary/aromatic N) is 2. The highest BCUT2D eigenvalue weighted by atomic mass is 32.1. The number of aryl methyl sites for hydroxylation is 1. The van der Waals surface area contributed by atoms with Crippen LogP contribution in [0, 0.1) is 6.92 Å². The van der Waals surface area contributed by atoms with Gasteiger partial charge in [0.25, 0.3) is 0 Å². The van der Waals surface area contributed by atoms with E-state index in [1.165, 1.54) is 36.4 Å². The van der Waals surface area contributed by atoms with Crippen LogP contribution in [0.2, 0.25) is 0 Å². The van der Waals surface area contributed by atoms with Gasteiger partial charge in [-0.25, -0.2) is 0 Å². The van der Waals surface area contributed by atoms with Crippen LogP contribution in [0.15, 0.2) is 16.4 Å². The third-order valence-corrected chi connectivity index (χ3v) is 6.42. The fourth-order valence-electron chi connectivity index (χ4n) is 3.77. The first-order chi connectivity index (χ1) is 11.7. The van der Waals surface area contributed by atoms with E-state index in [2.05, 4.69) is 38.9 Å². The smallest absolute Gasteiger partial charge is 0.191 e. The maximum atomic E-state index is 5.63. The average molecular weight is 351 g/mol. The fraction of sp³-hybridized carbons (Fsp3) is 0.722. The monoisotopic (exact) mass is 350 g/mol. The normalized spacial score (nSPS) is 21.8. The molecule has 0 unspecified atom stereocenters. The van der Waals surface area contributed by atoms with Crippen molar-refractivity contribution in [3.8, 4) is 0 Å². The minimum Gasteiger partial charge on any atom is -0.381 e. The second-order valence-electron chi connectivity index (χ2n) is 6.84. The molecule has 3 rings (SSSR count). The van der Waals surface area contributed by atoms with Gasteiger partial charge in [0.15, 0.2) is 5.96 Å². The van der Waals surface area contributed by atoms with Crippen LogP contribution >= 0.6 is 11.3 Å². The van der Waals surface area contributed by atoms with Crippen LogP contribution in [0.1, 0.15) is 36.1 Å². The van der Waals surface area contributed by atoms with E-state index >= 15 is 0 Å². The van der Waals surface area contributed by atoms with Gasteiger partial charge in [0.2, 0.25) is 0 Å². The lowest BCUT2D eigenvalue weighted by atomic mass is 9.88. The van der Waals surface area contributed by atoms with E-state index in [-0.39, 0.29) is 5.54 Å². The number of aliphatic imine (C=N–C) groups is 1. The highest BCUT2D eigenvalue weighted by Gasteiger charge is 2.39. The molecule has 0 aromatic carbocycles. The lowest BCUT2D eigenvalue weighted by molar-refractivity contribution is -0.0164. The Hall–Kier alpha value is -1.11. The van der Waals surface area contributed by atoms with Gasteiger partial charge < -0.3 is 15.4 Å². The van der Waals surface area contributed by atoms with Gasteiger partial charge in [-0.3, -0.25) is 9.89 Å². The molecule has 134 valence electrons. The Morgan fingerprint density at radius 3 is 2.67 bits per heavy atom. The molecule has 0 aliphatic carbocycles. The predicted octanol–water partition coefficient (Wildman–Crippen LogP) is 2.37. The van der Waals surface area contributed by atoms with Crippen molar-refractivity contribution in [2.24, 2.45) is 4.99 Å². The van der Waals surface area contributed by atoms with Crippen LogP contribution in [0.5, 0.6) is 0 Å². The van der Waals surface area contributed by atoms with Crippen molar-refractivity contribution in [2.45, 2.75) is 44.7 Å². The predicted molar refractivity (Wildman–Crippen MR) is 101 cm³/mol. The third kappa shape index (κ3) is 4.10. The van der Waals surface area contributed by atoms with E-state index in [9.17, 15) is 0 Å². The molecule has 0 atom stereocenters. The average Bonchev–Trinajstić information content (AvgIpc) is 3.28. The zero-order valence-electron chi connectivity index (χ0n) is 14.9. The van der Waals surface area contributed by atoms with Crippen molar-refractivity contribution in [2.75, 3.05) is 39.9 Å². The quantitative estimate of drug-likeness (QED) is 0.632. The van der Waals surface area contributed by atoms with E-state index in [0.717, 1.165) is 45.1 Å². The molecule has 0 bridgehead atoms. The second kappa shape index (κ2) is 8.32. The molecule has 6 heteroatoms. The number of guanidine groups is 1. The Bertz CT molecular complexity index is 545. The van der Waals surface area contributed by atoms with Crippen molar-refractivity contribution >= 4 is 17.3 Å². The molecule has 5 nitrogen and oxygen atoms in total. The summed E-state index contributed by atoms with van der Waals surface area (Å²) < 4.78 is 5.63. The van der Waals surface area contributed by atoms with Crippen molar-refractivity contribution in [3.63, 3.8) is 0 Å². The minimum absolute atomic E-state index is 0.227. The first kappa shape index (κ1) is 17.7. The van der Waals surface area contributed by atoms with Crippen molar-refractivity contribution < 1.29 is 4.74 Å². The number of nitrogens with one attached hydrogen (secondary N) is 2. The Labute approximate surface area is 149 Å². The van der Waals surface area contributed by atoms with E-state index in [0.29, 0.717) is 0 Å². The molecular weight excluding hydrogens is 320 g/mol. The van der Waals surface area contributed by atoms with Gasteiger partial charge in [-0.1, -0.05) is 0 Å². The molecule has 0 amide bonds. The van der Waals surface area contributed by atoms with Crippen LogP contribution in [-0.2, 0) is 11.3 Å². The number of hydrogen-bond acceptors (Lipinski definition) is 4. The van der Waals surface area contributed by atoms with Gasteiger partial charge in [0, 0.05) is 37.2 Å². The Kier molecular flexibility index (Phi) is 6.14. The summed E-state index contributed by atoms with van der Waals surface area (Å²) in [6.45, 7) is 8.14. The van der Waals surface area contributed by atoms with Gasteiger partial charge in [-0.2, -0.15) is 0 Å². The molecule has 0 saturated carbocycles. The van der Waals surface area contributed by atoms with Crippen molar-refractivity contribution in [1.82, 2.24) is 15.5 Å². The lowest BCUT2D eigenvalue weighted by Crippen LogP contribution is -2.58. The van der Waals surface area contributed by atoms with Gasteiger partial charge in [-0.05, 0) is 62.7 Å². The Morgan fingerprint density at radius 1 is 1.29 bits per heavy atom. The van der Waals surface area contributed by atoms with E-state index in [4.69, 9.17) is 4.74 Å². The summed E-state index contributed by atoms with van der Waals surface area (Å²) >= 11 is 1.80. The first-order valence-corrected chi connectivity index (χ1v) is 9.92. The molecular formula is C18H30N4OS. The standard InChI is InChI=1S/C18H30N4OS/c1-15-5-12-24-16(15)13-20-17(19-2)21-14-18(6-10-23-11-7-18)22-8-3-4-9-22/h5,12H,3-4,6-11,13-14H2,1-2H3,(H2,19,20,21). The van der Waals surface area contributed by atoms with Crippen molar-refractivity contribution in [3.05, 3.63) is 21.9 Å². The molecule has 0 radical (unpaired) electrons. The topological polar surface area (TPSA) is 48.9 Å². The van der Waals surface area contributed by atoms with Gasteiger partial charge in [-0.15, -0.1) is 11.3 Å². The fourth-order valence-corrected chi connectivity index (χ4v) is 4.61. The Morgan fingerprint density at radius 2 is 2.04 bits per heavy atom. The maximum absolute atomic E-state index is 5.63. The van der Waals surface area contributed by atoms with Crippen LogP contribution in [0.3, 0.4) is 0 Å². The molecule has 1 aromatic heterocycles. The van der Waals surface area contributed by atoms with Gasteiger partial charge >= 0.3 is 0 Å². The SMILES string of the molecule is CN=C(NCc1sccc1C)NCC1(N2CCCC2)CCOCC1. The van der Waals surface area contributed by atoms with Gasteiger partial charge in [0.1, 0.15) is 0 Å². The summed E-state index contributed by atoms with van der Waals surface area (Å²) in [7, 11) is 1.85. The number of likely N-dealkylation sites (tertiary alicyclic amines) is 1. The molecule has 3 heterocycles. The zero-order valence-corrected chi connectivity index (χ0v) is 15.8. The Balaban J connectivity index is 1.57. The molecule has 1 aromatic rings. The molecule has 0 spiro atoms. The summed E-state index contributed by atoms with van der Waals surface area (Å²) in [4.78, 5) is 8.46. The first-order valence-electron chi connectivity index (χ1n) is 9.04. The van der Waals surface area contributed by atoms with Crippen LogP contribution in [-0.4, -0.2) is 56.3 Å². The summed E-state index contributed by atoms with van der Waals surface area (Å²) in [5, 5.41) is 9.19. The van der Waals surface area contributed by atoms with Gasteiger partial charge in [0.05, 0.1) is 6.54 Å². The number of rotatable bonds is 5. The summed E-state index contributed by atoms with van der Waals surface area (Å²) in [6, 6.07) is 2.17. The van der Waals surface area contributed by atoms with Crippen LogP contribution < -0.4 is 10.6 Å². The molecule has 2 aliphatic heterocycles. The molecule has 2 fully saturated rings. The second-order valence-corrected chi connectivity index (χ2v) is 7.84. The van der Waals surface area contributed by atoms with E-state index in [1.807, 2.05) is 7.05 Å². The summed E-state index contributed by atoms with van der Waals surface area (Å²) in [6.07, 6.45) is 4.88. The number of ether oxygens (including phenoxy) is 1. The lowest BCUT2D eigenvalue weighted by Gasteiger charge is -2.45. The van der Waals surface area contributed by atoms with Crippen LogP contribution in [0.4, 0.5) is 0 Å². The third-order valence-electron chi connectivity index (χ3n) is 5.39. The largest absolute Gasteiger partial charge is 0.381 e. The maximum Gasteiger partial charge on any atom is 0.191 e. The van der Waals surface area contributed by atoms with E-state index < -0.39 is 0 Å². The highest BCUT2D eigenvalue weighted by molar-refractivity contribution is 7.10. The molecule has 2 saturated heterocycles. The van der Waals surface area contributed by atoms with Crippen molar-refractivity contribution in [1.29, 1.82) is 0 Å².